The van der Waals surface area contributed by atoms with Crippen molar-refractivity contribution in [1.29, 1.82) is 5.26 Å². The molecule has 0 aliphatic carbocycles. The topological polar surface area (TPSA) is 105 Å². The van der Waals surface area contributed by atoms with Gasteiger partial charge >= 0.3 is 5.97 Å². The van der Waals surface area contributed by atoms with E-state index in [1.54, 1.807) is 48.5 Å². The van der Waals surface area contributed by atoms with E-state index in [1.807, 2.05) is 12.1 Å². The molecule has 0 spiro atoms. The summed E-state index contributed by atoms with van der Waals surface area (Å²) >= 11 is 0. The van der Waals surface area contributed by atoms with Crippen LogP contribution in [0.1, 0.15) is 16.3 Å². The number of hydrogen-bond acceptors (Lipinski definition) is 6. The largest absolute Gasteiger partial charge is 0.450 e. The van der Waals surface area contributed by atoms with Crippen molar-refractivity contribution < 1.29 is 23.2 Å². The molecular weight excluding hydrogens is 348 g/mol. The average molecular weight is 360 g/mol. The van der Waals surface area contributed by atoms with Crippen LogP contribution in [0.3, 0.4) is 0 Å². The van der Waals surface area contributed by atoms with Gasteiger partial charge in [-0.3, -0.25) is 4.79 Å². The number of furan rings is 2. The molecule has 0 radical (unpaired) electrons. The molecule has 1 amide bonds. The normalized spacial score (nSPS) is 10.6. The van der Waals surface area contributed by atoms with Gasteiger partial charge in [0.05, 0.1) is 0 Å². The Morgan fingerprint density at radius 2 is 1.78 bits per heavy atom. The Morgan fingerprint density at radius 3 is 2.56 bits per heavy atom. The lowest BCUT2D eigenvalue weighted by Gasteiger charge is -2.04. The molecule has 4 aromatic rings. The first-order valence-corrected chi connectivity index (χ1v) is 8.03. The van der Waals surface area contributed by atoms with Gasteiger partial charge in [0.25, 0.3) is 5.91 Å². The maximum atomic E-state index is 12.2. The van der Waals surface area contributed by atoms with Gasteiger partial charge in [0.1, 0.15) is 22.9 Å². The van der Waals surface area contributed by atoms with Crippen LogP contribution in [-0.4, -0.2) is 18.5 Å². The zero-order valence-electron chi connectivity index (χ0n) is 13.9. The van der Waals surface area contributed by atoms with Crippen molar-refractivity contribution in [1.82, 2.24) is 0 Å². The third-order valence-corrected chi connectivity index (χ3v) is 3.92. The van der Waals surface area contributed by atoms with Crippen LogP contribution in [0.4, 0.5) is 5.69 Å². The lowest BCUT2D eigenvalue weighted by Crippen LogP contribution is -2.21. The number of nitrogens with one attached hydrogen (secondary N) is 1. The molecule has 7 nitrogen and oxygen atoms in total. The Bertz CT molecular complexity index is 1180. The van der Waals surface area contributed by atoms with E-state index in [9.17, 15) is 14.9 Å². The molecule has 0 atom stereocenters. The number of hydrogen-bond donors (Lipinski definition) is 1. The molecule has 0 bridgehead atoms. The van der Waals surface area contributed by atoms with Crippen LogP contribution in [0.5, 0.6) is 0 Å². The van der Waals surface area contributed by atoms with Gasteiger partial charge in [0, 0.05) is 10.8 Å². The van der Waals surface area contributed by atoms with Gasteiger partial charge in [-0.25, -0.2) is 4.79 Å². The molecule has 7 heteroatoms. The number of benzene rings is 2. The number of amides is 1. The predicted octanol–water partition coefficient (Wildman–Crippen LogP) is 3.85. The number of rotatable bonds is 4. The summed E-state index contributed by atoms with van der Waals surface area (Å²) in [6, 6.07) is 17.5. The molecule has 0 aliphatic rings. The maximum absolute atomic E-state index is 12.2. The Balaban J connectivity index is 1.46. The lowest BCUT2D eigenvalue weighted by molar-refractivity contribution is -0.119. The van der Waals surface area contributed by atoms with Crippen molar-refractivity contribution in [2.75, 3.05) is 11.9 Å². The van der Waals surface area contributed by atoms with Gasteiger partial charge in [-0.2, -0.15) is 5.26 Å². The van der Waals surface area contributed by atoms with Crippen molar-refractivity contribution >= 4 is 39.5 Å². The number of anilines is 1. The van der Waals surface area contributed by atoms with Gasteiger partial charge in [0.15, 0.2) is 6.61 Å². The fourth-order valence-electron chi connectivity index (χ4n) is 2.71. The minimum absolute atomic E-state index is 0.00970. The number of carbonyl (C=O) groups is 2. The van der Waals surface area contributed by atoms with Crippen molar-refractivity contribution in [3.8, 4) is 6.07 Å². The number of ether oxygens (including phenoxy) is 1. The number of para-hydroxylation sites is 2. The van der Waals surface area contributed by atoms with Crippen molar-refractivity contribution in [2.45, 2.75) is 0 Å². The van der Waals surface area contributed by atoms with Gasteiger partial charge in [-0.05, 0) is 24.3 Å². The van der Waals surface area contributed by atoms with Crippen LogP contribution in [0.15, 0.2) is 63.4 Å². The van der Waals surface area contributed by atoms with E-state index in [-0.39, 0.29) is 17.2 Å². The average Bonchev–Trinajstić information content (AvgIpc) is 3.28. The fourth-order valence-corrected chi connectivity index (χ4v) is 2.71. The smallest absolute Gasteiger partial charge is 0.374 e. The molecule has 0 fully saturated rings. The second kappa shape index (κ2) is 6.69. The van der Waals surface area contributed by atoms with Crippen molar-refractivity contribution in [3.05, 3.63) is 66.1 Å². The summed E-state index contributed by atoms with van der Waals surface area (Å²) in [6.45, 7) is -0.528. The van der Waals surface area contributed by atoms with E-state index < -0.39 is 18.5 Å². The first-order chi connectivity index (χ1) is 13.2. The zero-order chi connectivity index (χ0) is 18.8. The lowest BCUT2D eigenvalue weighted by atomic mass is 10.2. The molecule has 27 heavy (non-hydrogen) atoms. The van der Waals surface area contributed by atoms with E-state index >= 15 is 0 Å². The molecule has 2 heterocycles. The molecular formula is C20H12N2O5. The van der Waals surface area contributed by atoms with E-state index in [0.717, 1.165) is 5.39 Å². The predicted molar refractivity (Wildman–Crippen MR) is 96.1 cm³/mol. The molecule has 0 saturated heterocycles. The summed E-state index contributed by atoms with van der Waals surface area (Å²) in [5.74, 6) is -1.36. The summed E-state index contributed by atoms with van der Waals surface area (Å²) in [5, 5.41) is 13.1. The number of esters is 1. The fraction of sp³-hybridized carbons (Fsp3) is 0.0500. The quantitative estimate of drug-likeness (QED) is 0.554. The monoisotopic (exact) mass is 360 g/mol. The highest BCUT2D eigenvalue weighted by Crippen LogP contribution is 2.30. The third-order valence-electron chi connectivity index (χ3n) is 3.92. The standard InChI is InChI=1S/C20H12N2O5/c21-10-17-19(13-6-2-4-8-15(13)27-17)22-18(23)11-25-20(24)16-9-12-5-1-3-7-14(12)26-16/h1-9H,11H2,(H,22,23). The van der Waals surface area contributed by atoms with Crippen LogP contribution in [0.2, 0.25) is 0 Å². The summed E-state index contributed by atoms with van der Waals surface area (Å²) in [5.41, 5.74) is 1.28. The number of nitrogens with zero attached hydrogens (tertiary/aromatic N) is 1. The molecule has 0 aliphatic heterocycles. The Morgan fingerprint density at radius 1 is 1.04 bits per heavy atom. The van der Waals surface area contributed by atoms with Crippen LogP contribution in [0, 0.1) is 11.3 Å². The van der Waals surface area contributed by atoms with E-state index in [2.05, 4.69) is 5.32 Å². The second-order valence-electron chi connectivity index (χ2n) is 5.69. The highest BCUT2D eigenvalue weighted by Gasteiger charge is 2.19. The summed E-state index contributed by atoms with van der Waals surface area (Å²) in [4.78, 5) is 24.2. The van der Waals surface area contributed by atoms with Crippen LogP contribution < -0.4 is 5.32 Å². The van der Waals surface area contributed by atoms with Gasteiger partial charge < -0.3 is 18.9 Å². The second-order valence-corrected chi connectivity index (χ2v) is 5.69. The number of nitriles is 1. The minimum Gasteiger partial charge on any atom is -0.450 e. The molecule has 1 N–H and O–H groups in total. The van der Waals surface area contributed by atoms with Crippen molar-refractivity contribution in [3.63, 3.8) is 0 Å². The Hall–Kier alpha value is -4.05. The van der Waals surface area contributed by atoms with E-state index in [1.165, 1.54) is 0 Å². The highest BCUT2D eigenvalue weighted by atomic mass is 16.5. The molecule has 2 aromatic heterocycles. The first kappa shape index (κ1) is 16.4. The highest BCUT2D eigenvalue weighted by molar-refractivity contribution is 6.04. The summed E-state index contributed by atoms with van der Waals surface area (Å²) in [7, 11) is 0. The van der Waals surface area contributed by atoms with Gasteiger partial charge in [-0.15, -0.1) is 0 Å². The first-order valence-electron chi connectivity index (χ1n) is 8.03. The number of carbonyl (C=O) groups excluding carboxylic acids is 2. The summed E-state index contributed by atoms with van der Waals surface area (Å²) < 4.78 is 15.8. The number of fused-ring (bicyclic) bond motifs is 2. The van der Waals surface area contributed by atoms with Crippen LogP contribution >= 0.6 is 0 Å². The van der Waals surface area contributed by atoms with Crippen LogP contribution in [0.25, 0.3) is 21.9 Å². The van der Waals surface area contributed by atoms with Crippen LogP contribution in [-0.2, 0) is 9.53 Å². The molecule has 4 rings (SSSR count). The molecule has 2 aromatic carbocycles. The van der Waals surface area contributed by atoms with Gasteiger partial charge in [0.2, 0.25) is 11.5 Å². The molecule has 0 unspecified atom stereocenters. The SMILES string of the molecule is N#Cc1oc2ccccc2c1NC(=O)COC(=O)c1cc2ccccc2o1. The maximum Gasteiger partial charge on any atom is 0.374 e. The summed E-state index contributed by atoms with van der Waals surface area (Å²) in [6.07, 6.45) is 0. The minimum atomic E-state index is -0.751. The Kier molecular flexibility index (Phi) is 4.07. The molecule has 0 saturated carbocycles. The third kappa shape index (κ3) is 3.12. The van der Waals surface area contributed by atoms with Crippen molar-refractivity contribution in [2.24, 2.45) is 0 Å². The zero-order valence-corrected chi connectivity index (χ0v) is 13.9. The van der Waals surface area contributed by atoms with Gasteiger partial charge in [-0.1, -0.05) is 30.3 Å². The Labute approximate surface area is 152 Å². The molecule has 132 valence electrons. The van der Waals surface area contributed by atoms with E-state index in [0.29, 0.717) is 16.6 Å². The van der Waals surface area contributed by atoms with E-state index in [4.69, 9.17) is 13.6 Å².